The van der Waals surface area contributed by atoms with Gasteiger partial charge in [-0.2, -0.15) is 0 Å². The summed E-state index contributed by atoms with van der Waals surface area (Å²) in [5.41, 5.74) is 0.248. The number of hydrogen-bond acceptors (Lipinski definition) is 7. The first-order valence-electron chi connectivity index (χ1n) is 8.87. The van der Waals surface area contributed by atoms with E-state index in [1.807, 2.05) is 0 Å². The van der Waals surface area contributed by atoms with Gasteiger partial charge in [0.05, 0.1) is 11.0 Å². The maximum Gasteiger partial charge on any atom is 0.257 e. The van der Waals surface area contributed by atoms with Crippen LogP contribution < -0.4 is 10.0 Å². The molecule has 1 unspecified atom stereocenters. The Morgan fingerprint density at radius 1 is 1.26 bits per heavy atom. The van der Waals surface area contributed by atoms with Crippen LogP contribution in [0.2, 0.25) is 0 Å². The Labute approximate surface area is 161 Å². The lowest BCUT2D eigenvalue weighted by atomic mass is 10.2. The molecule has 8 nitrogen and oxygen atoms in total. The number of sulfonamides is 1. The summed E-state index contributed by atoms with van der Waals surface area (Å²) in [5, 5.41) is 12.1. The first-order valence-corrected chi connectivity index (χ1v) is 11.2. The minimum atomic E-state index is -3.71. The molecule has 2 fully saturated rings. The first-order chi connectivity index (χ1) is 13.0. The molecule has 144 valence electrons. The van der Waals surface area contributed by atoms with Crippen LogP contribution in [0.1, 0.15) is 47.0 Å². The second-order valence-electron chi connectivity index (χ2n) is 6.69. The van der Waals surface area contributed by atoms with E-state index in [0.29, 0.717) is 17.7 Å². The van der Waals surface area contributed by atoms with Gasteiger partial charge in [-0.25, -0.2) is 13.1 Å². The molecule has 2 aliphatic rings. The Balaban J connectivity index is 1.43. The SMILES string of the molecule is O=C(Nc1nnc(C2CC2)s1)c1cccc(S(=O)(=O)NCC2CCCO2)c1. The van der Waals surface area contributed by atoms with Crippen molar-refractivity contribution in [2.24, 2.45) is 0 Å². The van der Waals surface area contributed by atoms with Crippen LogP contribution in [-0.4, -0.2) is 43.8 Å². The van der Waals surface area contributed by atoms with Crippen LogP contribution in [0.4, 0.5) is 5.13 Å². The molecule has 1 amide bonds. The minimum absolute atomic E-state index is 0.0454. The van der Waals surface area contributed by atoms with Gasteiger partial charge in [0.15, 0.2) is 0 Å². The van der Waals surface area contributed by atoms with Gasteiger partial charge in [0.25, 0.3) is 5.91 Å². The Hall–Kier alpha value is -1.88. The summed E-state index contributed by atoms with van der Waals surface area (Å²) in [5.74, 6) is 0.0567. The molecule has 0 bridgehead atoms. The van der Waals surface area contributed by atoms with Gasteiger partial charge in [-0.3, -0.25) is 10.1 Å². The quantitative estimate of drug-likeness (QED) is 0.726. The fourth-order valence-corrected chi connectivity index (χ4v) is 4.86. The molecule has 1 atom stereocenters. The van der Waals surface area contributed by atoms with E-state index in [4.69, 9.17) is 4.74 Å². The molecule has 2 N–H and O–H groups in total. The molecule has 2 heterocycles. The molecule has 1 saturated carbocycles. The number of ether oxygens (including phenoxy) is 1. The summed E-state index contributed by atoms with van der Waals surface area (Å²) >= 11 is 1.36. The topological polar surface area (TPSA) is 110 Å². The van der Waals surface area contributed by atoms with Crippen molar-refractivity contribution in [3.05, 3.63) is 34.8 Å². The maximum absolute atomic E-state index is 12.5. The molecule has 2 aromatic rings. The first kappa shape index (κ1) is 18.5. The van der Waals surface area contributed by atoms with Crippen molar-refractivity contribution >= 4 is 32.4 Å². The van der Waals surface area contributed by atoms with Gasteiger partial charge in [-0.1, -0.05) is 17.4 Å². The average molecular weight is 409 g/mol. The van der Waals surface area contributed by atoms with Crippen molar-refractivity contribution in [2.45, 2.75) is 42.6 Å². The highest BCUT2D eigenvalue weighted by Gasteiger charge is 2.28. The molecule has 10 heteroatoms. The average Bonchev–Trinajstić information content (AvgIpc) is 3.18. The van der Waals surface area contributed by atoms with Crippen molar-refractivity contribution in [1.29, 1.82) is 0 Å². The zero-order valence-electron chi connectivity index (χ0n) is 14.6. The lowest BCUT2D eigenvalue weighted by molar-refractivity contribution is 0.102. The number of nitrogens with zero attached hydrogens (tertiary/aromatic N) is 2. The van der Waals surface area contributed by atoms with Gasteiger partial charge in [0.2, 0.25) is 15.2 Å². The van der Waals surface area contributed by atoms with E-state index >= 15 is 0 Å². The number of amides is 1. The van der Waals surface area contributed by atoms with Crippen molar-refractivity contribution in [2.75, 3.05) is 18.5 Å². The van der Waals surface area contributed by atoms with Crippen LogP contribution in [0.25, 0.3) is 0 Å². The summed E-state index contributed by atoms with van der Waals surface area (Å²) in [6, 6.07) is 5.93. The van der Waals surface area contributed by atoms with E-state index < -0.39 is 15.9 Å². The van der Waals surface area contributed by atoms with Gasteiger partial charge in [0.1, 0.15) is 5.01 Å². The molecule has 0 radical (unpaired) electrons. The van der Waals surface area contributed by atoms with Crippen LogP contribution >= 0.6 is 11.3 Å². The second kappa shape index (κ2) is 7.63. The van der Waals surface area contributed by atoms with Crippen molar-refractivity contribution < 1.29 is 17.9 Å². The number of benzene rings is 1. The Bertz CT molecular complexity index is 934. The highest BCUT2D eigenvalue weighted by Crippen LogP contribution is 2.42. The zero-order valence-corrected chi connectivity index (χ0v) is 16.2. The lowest BCUT2D eigenvalue weighted by Gasteiger charge is -2.12. The molecule has 1 aliphatic heterocycles. The summed E-state index contributed by atoms with van der Waals surface area (Å²) in [7, 11) is -3.71. The Morgan fingerprint density at radius 2 is 2.11 bits per heavy atom. The highest BCUT2D eigenvalue weighted by molar-refractivity contribution is 7.89. The summed E-state index contributed by atoms with van der Waals surface area (Å²) in [6.45, 7) is 0.892. The van der Waals surface area contributed by atoms with Crippen LogP contribution in [0.5, 0.6) is 0 Å². The van der Waals surface area contributed by atoms with Crippen molar-refractivity contribution in [1.82, 2.24) is 14.9 Å². The fourth-order valence-electron chi connectivity index (χ4n) is 2.85. The summed E-state index contributed by atoms with van der Waals surface area (Å²) in [4.78, 5) is 12.5. The number of rotatable bonds is 7. The molecule has 0 spiro atoms. The molecule has 1 aromatic heterocycles. The highest BCUT2D eigenvalue weighted by atomic mass is 32.2. The van der Waals surface area contributed by atoms with Gasteiger partial charge in [0, 0.05) is 24.6 Å². The largest absolute Gasteiger partial charge is 0.377 e. The maximum atomic E-state index is 12.5. The number of carbonyl (C=O) groups is 1. The van der Waals surface area contributed by atoms with Gasteiger partial charge in [-0.05, 0) is 43.9 Å². The molecular weight excluding hydrogens is 388 g/mol. The minimum Gasteiger partial charge on any atom is -0.377 e. The monoisotopic (exact) mass is 408 g/mol. The normalized spacial score (nSPS) is 19.9. The van der Waals surface area contributed by atoms with E-state index in [2.05, 4.69) is 20.2 Å². The molecular formula is C17H20N4O4S2. The number of nitrogens with one attached hydrogen (secondary N) is 2. The Kier molecular flexibility index (Phi) is 5.22. The number of hydrogen-bond donors (Lipinski definition) is 2. The smallest absolute Gasteiger partial charge is 0.257 e. The van der Waals surface area contributed by atoms with Crippen molar-refractivity contribution in [3.63, 3.8) is 0 Å². The van der Waals surface area contributed by atoms with E-state index in [-0.39, 0.29) is 23.1 Å². The van der Waals surface area contributed by atoms with E-state index in [9.17, 15) is 13.2 Å². The van der Waals surface area contributed by atoms with Crippen LogP contribution in [0, 0.1) is 0 Å². The number of anilines is 1. The van der Waals surface area contributed by atoms with E-state index in [1.165, 1.54) is 23.5 Å². The lowest BCUT2D eigenvalue weighted by Crippen LogP contribution is -2.32. The predicted molar refractivity (Wildman–Crippen MR) is 100 cm³/mol. The van der Waals surface area contributed by atoms with Gasteiger partial charge >= 0.3 is 0 Å². The predicted octanol–water partition coefficient (Wildman–Crippen LogP) is 2.13. The van der Waals surface area contributed by atoms with E-state index in [1.54, 1.807) is 12.1 Å². The van der Waals surface area contributed by atoms with Crippen LogP contribution in [0.15, 0.2) is 29.2 Å². The van der Waals surface area contributed by atoms with Gasteiger partial charge in [-0.15, -0.1) is 10.2 Å². The third-order valence-electron chi connectivity index (χ3n) is 4.52. The molecule has 4 rings (SSSR count). The van der Waals surface area contributed by atoms with E-state index in [0.717, 1.165) is 30.7 Å². The molecule has 1 aliphatic carbocycles. The molecule has 1 saturated heterocycles. The fraction of sp³-hybridized carbons (Fsp3) is 0.471. The summed E-state index contributed by atoms with van der Waals surface area (Å²) in [6.07, 6.45) is 3.92. The number of aromatic nitrogens is 2. The Morgan fingerprint density at radius 3 is 2.85 bits per heavy atom. The zero-order chi connectivity index (χ0) is 18.9. The van der Waals surface area contributed by atoms with Crippen molar-refractivity contribution in [3.8, 4) is 0 Å². The molecule has 27 heavy (non-hydrogen) atoms. The number of carbonyl (C=O) groups excluding carboxylic acids is 1. The summed E-state index contributed by atoms with van der Waals surface area (Å²) < 4.78 is 33.0. The van der Waals surface area contributed by atoms with Gasteiger partial charge < -0.3 is 4.74 Å². The van der Waals surface area contributed by atoms with Crippen LogP contribution in [0.3, 0.4) is 0 Å². The second-order valence-corrected chi connectivity index (χ2v) is 9.46. The standard InChI is InChI=1S/C17H20N4O4S2/c22-15(19-17-21-20-16(26-17)11-6-7-11)12-3-1-5-14(9-12)27(23,24)18-10-13-4-2-8-25-13/h1,3,5,9,11,13,18H,2,4,6-8,10H2,(H,19,21,22). The van der Waals surface area contributed by atoms with Crippen LogP contribution in [-0.2, 0) is 14.8 Å². The third kappa shape index (κ3) is 4.52. The molecule has 1 aromatic carbocycles. The third-order valence-corrected chi connectivity index (χ3v) is 6.94.